The average molecular weight is 549 g/mol. The molecule has 0 amide bonds. The van der Waals surface area contributed by atoms with Gasteiger partial charge in [-0.3, -0.25) is 0 Å². The summed E-state index contributed by atoms with van der Waals surface area (Å²) in [5, 5.41) is 0. The number of benzene rings is 1. The summed E-state index contributed by atoms with van der Waals surface area (Å²) < 4.78 is 100. The van der Waals surface area contributed by atoms with Crippen LogP contribution in [0, 0.1) is 47.1 Å². The van der Waals surface area contributed by atoms with Gasteiger partial charge in [0, 0.05) is 12.1 Å². The second kappa shape index (κ2) is 12.2. The maximum atomic E-state index is 14.8. The fourth-order valence-corrected chi connectivity index (χ4v) is 7.09. The Morgan fingerprint density at radius 2 is 1.29 bits per heavy atom. The normalized spacial score (nSPS) is 30.8. The van der Waals surface area contributed by atoms with E-state index in [0.717, 1.165) is 18.8 Å². The van der Waals surface area contributed by atoms with E-state index < -0.39 is 41.2 Å². The first-order valence-electron chi connectivity index (χ1n) is 14.3. The molecule has 2 unspecified atom stereocenters. The third-order valence-electron chi connectivity index (χ3n) is 9.32. The van der Waals surface area contributed by atoms with Gasteiger partial charge < -0.3 is 4.74 Å². The Hall–Kier alpha value is -1.73. The molecule has 3 aliphatic carbocycles. The molecule has 38 heavy (non-hydrogen) atoms. The van der Waals surface area contributed by atoms with Crippen LogP contribution in [0.25, 0.3) is 0 Å². The Kier molecular flexibility index (Phi) is 9.39. The van der Waals surface area contributed by atoms with Gasteiger partial charge in [0.25, 0.3) is 0 Å². The highest BCUT2D eigenvalue weighted by Gasteiger charge is 2.46. The Balaban J connectivity index is 1.25. The van der Waals surface area contributed by atoms with E-state index in [4.69, 9.17) is 0 Å². The highest BCUT2D eigenvalue weighted by atomic mass is 19.4. The van der Waals surface area contributed by atoms with Gasteiger partial charge in [0.2, 0.25) is 0 Å². The summed E-state index contributed by atoms with van der Waals surface area (Å²) in [6, 6.07) is 0.355. The van der Waals surface area contributed by atoms with Crippen molar-refractivity contribution >= 4 is 0 Å². The van der Waals surface area contributed by atoms with Crippen LogP contribution in [-0.2, 0) is 6.18 Å². The topological polar surface area (TPSA) is 9.23 Å². The predicted molar refractivity (Wildman–Crippen MR) is 133 cm³/mol. The van der Waals surface area contributed by atoms with E-state index in [9.17, 15) is 30.7 Å². The SMILES string of the molecule is CCCCC1C=CC(C2CCC(C3CCC(C(F)(F)Oc4cc(F)c(C(F)(F)F)c(F)c4)CC3)CC2)CC1. The van der Waals surface area contributed by atoms with E-state index in [1.54, 1.807) is 0 Å². The molecule has 1 aromatic carbocycles. The molecule has 1 aromatic rings. The lowest BCUT2D eigenvalue weighted by Gasteiger charge is -2.41. The summed E-state index contributed by atoms with van der Waals surface area (Å²) in [6.07, 6.45) is 8.60. The van der Waals surface area contributed by atoms with Gasteiger partial charge in [-0.1, -0.05) is 31.9 Å². The molecule has 2 saturated carbocycles. The van der Waals surface area contributed by atoms with E-state index in [2.05, 4.69) is 23.8 Å². The number of ether oxygens (including phenoxy) is 1. The quantitative estimate of drug-likeness (QED) is 0.232. The highest BCUT2D eigenvalue weighted by Crippen LogP contribution is 2.47. The number of allylic oxidation sites excluding steroid dienone is 2. The van der Waals surface area contributed by atoms with Crippen molar-refractivity contribution in [3.8, 4) is 5.75 Å². The predicted octanol–water partition coefficient (Wildman–Crippen LogP) is 10.3. The maximum absolute atomic E-state index is 14.8. The van der Waals surface area contributed by atoms with Gasteiger partial charge in [0.1, 0.15) is 22.9 Å². The minimum Gasteiger partial charge on any atom is -0.432 e. The summed E-state index contributed by atoms with van der Waals surface area (Å²) in [5.74, 6) is -2.99. The zero-order valence-corrected chi connectivity index (χ0v) is 22.0. The first kappa shape index (κ1) is 29.3. The smallest absolute Gasteiger partial charge is 0.422 e. The Labute approximate surface area is 221 Å². The molecule has 0 aromatic heterocycles. The largest absolute Gasteiger partial charge is 0.432 e. The van der Waals surface area contributed by atoms with Crippen LogP contribution in [0.4, 0.5) is 30.7 Å². The molecule has 0 bridgehead atoms. The van der Waals surface area contributed by atoms with Crippen LogP contribution >= 0.6 is 0 Å². The number of alkyl halides is 5. The lowest BCUT2D eigenvalue weighted by Crippen LogP contribution is -2.38. The van der Waals surface area contributed by atoms with Crippen molar-refractivity contribution in [2.24, 2.45) is 35.5 Å². The number of hydrogen-bond acceptors (Lipinski definition) is 1. The van der Waals surface area contributed by atoms with Crippen molar-refractivity contribution < 1.29 is 35.5 Å². The summed E-state index contributed by atoms with van der Waals surface area (Å²) in [6.45, 7) is 2.23. The molecule has 214 valence electrons. The summed E-state index contributed by atoms with van der Waals surface area (Å²) in [5.41, 5.74) is -2.11. The van der Waals surface area contributed by atoms with Crippen molar-refractivity contribution in [1.29, 1.82) is 0 Å². The molecule has 1 nitrogen and oxygen atoms in total. The monoisotopic (exact) mass is 548 g/mol. The standard InChI is InChI=1S/C30H39F7O/c1-2-3-4-19-5-7-20(8-6-19)21-9-11-22(12-10-21)23-13-15-24(16-14-23)30(36,37)38-25-17-26(31)28(27(32)18-25)29(33,34)35/h5,7,17-24H,2-4,6,8-16H2,1H3. The van der Waals surface area contributed by atoms with Crippen molar-refractivity contribution in [2.45, 2.75) is 103 Å². The zero-order chi connectivity index (χ0) is 27.5. The lowest BCUT2D eigenvalue weighted by atomic mass is 9.66. The minimum atomic E-state index is -5.27. The highest BCUT2D eigenvalue weighted by molar-refractivity contribution is 5.32. The van der Waals surface area contributed by atoms with E-state index in [-0.39, 0.29) is 25.0 Å². The van der Waals surface area contributed by atoms with Crippen molar-refractivity contribution in [1.82, 2.24) is 0 Å². The Morgan fingerprint density at radius 1 is 0.737 bits per heavy atom. The van der Waals surface area contributed by atoms with Gasteiger partial charge in [0.15, 0.2) is 0 Å². The van der Waals surface area contributed by atoms with Crippen LogP contribution < -0.4 is 4.74 Å². The molecule has 0 aliphatic heterocycles. The number of rotatable bonds is 8. The van der Waals surface area contributed by atoms with Gasteiger partial charge in [0.05, 0.1) is 5.92 Å². The molecule has 2 atom stereocenters. The third-order valence-corrected chi connectivity index (χ3v) is 9.32. The molecule has 4 rings (SSSR count). The van der Waals surface area contributed by atoms with E-state index in [1.807, 2.05) is 0 Å². The number of hydrogen-bond donors (Lipinski definition) is 0. The first-order chi connectivity index (χ1) is 18.0. The molecular weight excluding hydrogens is 509 g/mol. The molecule has 8 heteroatoms. The molecular formula is C30H39F7O. The van der Waals surface area contributed by atoms with Crippen LogP contribution in [0.15, 0.2) is 24.3 Å². The molecule has 0 radical (unpaired) electrons. The number of halogens is 7. The first-order valence-corrected chi connectivity index (χ1v) is 14.3. The fraction of sp³-hybridized carbons (Fsp3) is 0.733. The van der Waals surface area contributed by atoms with Crippen LogP contribution in [0.2, 0.25) is 0 Å². The van der Waals surface area contributed by atoms with E-state index in [1.165, 1.54) is 44.9 Å². The van der Waals surface area contributed by atoms with Crippen molar-refractivity contribution in [3.05, 3.63) is 41.5 Å². The van der Waals surface area contributed by atoms with Crippen molar-refractivity contribution in [2.75, 3.05) is 0 Å². The second-order valence-electron chi connectivity index (χ2n) is 11.7. The fourth-order valence-electron chi connectivity index (χ4n) is 7.09. The molecule has 0 heterocycles. The van der Waals surface area contributed by atoms with Gasteiger partial charge >= 0.3 is 12.3 Å². The summed E-state index contributed by atoms with van der Waals surface area (Å²) in [7, 11) is 0. The molecule has 2 fully saturated rings. The average Bonchev–Trinajstić information content (AvgIpc) is 2.86. The van der Waals surface area contributed by atoms with Gasteiger partial charge in [-0.25, -0.2) is 8.78 Å². The Bertz CT molecular complexity index is 917. The lowest BCUT2D eigenvalue weighted by molar-refractivity contribution is -0.224. The van der Waals surface area contributed by atoms with Crippen LogP contribution in [0.5, 0.6) is 5.75 Å². The zero-order valence-electron chi connectivity index (χ0n) is 22.0. The minimum absolute atomic E-state index is 0.177. The van der Waals surface area contributed by atoms with E-state index in [0.29, 0.717) is 36.5 Å². The number of unbranched alkanes of at least 4 members (excludes halogenated alkanes) is 1. The summed E-state index contributed by atoms with van der Waals surface area (Å²) in [4.78, 5) is 0. The van der Waals surface area contributed by atoms with Crippen LogP contribution in [0.3, 0.4) is 0 Å². The van der Waals surface area contributed by atoms with Crippen LogP contribution in [-0.4, -0.2) is 6.11 Å². The van der Waals surface area contributed by atoms with Crippen molar-refractivity contribution in [3.63, 3.8) is 0 Å². The Morgan fingerprint density at radius 3 is 1.79 bits per heavy atom. The van der Waals surface area contributed by atoms with Gasteiger partial charge in [-0.2, -0.15) is 22.0 Å². The van der Waals surface area contributed by atoms with E-state index >= 15 is 0 Å². The van der Waals surface area contributed by atoms with Gasteiger partial charge in [-0.15, -0.1) is 0 Å². The van der Waals surface area contributed by atoms with Crippen LogP contribution in [0.1, 0.15) is 96.0 Å². The van der Waals surface area contributed by atoms with Gasteiger partial charge in [-0.05, 0) is 100 Å². The molecule has 0 spiro atoms. The molecule has 0 saturated heterocycles. The molecule has 3 aliphatic rings. The second-order valence-corrected chi connectivity index (χ2v) is 11.7. The molecule has 0 N–H and O–H groups in total. The maximum Gasteiger partial charge on any atom is 0.422 e. The summed E-state index contributed by atoms with van der Waals surface area (Å²) >= 11 is 0. The third kappa shape index (κ3) is 7.07.